The predicted molar refractivity (Wildman–Crippen MR) is 55.3 cm³/mol. The Morgan fingerprint density at radius 1 is 1.44 bits per heavy atom. The highest BCUT2D eigenvalue weighted by Gasteiger charge is 2.22. The van der Waals surface area contributed by atoms with Crippen molar-refractivity contribution in [3.63, 3.8) is 0 Å². The first-order chi connectivity index (χ1) is 7.09. The lowest BCUT2D eigenvalue weighted by Crippen LogP contribution is -2.41. The summed E-state index contributed by atoms with van der Waals surface area (Å²) in [5.41, 5.74) is 2.49. The fourth-order valence-corrected chi connectivity index (χ4v) is 1.17. The number of nitrogens with zero attached hydrogens (tertiary/aromatic N) is 1. The van der Waals surface area contributed by atoms with E-state index in [0.29, 0.717) is 0 Å². The maximum atomic E-state index is 10.7. The van der Waals surface area contributed by atoms with E-state index in [2.05, 4.69) is 0 Å². The Morgan fingerprint density at radius 3 is 2.44 bits per heavy atom. The van der Waals surface area contributed by atoms with E-state index in [1.54, 1.807) is 35.8 Å². The SMILES string of the molecule is O.O=C(O)C(Cc1ccccc1)N[N+](=O)[O-]. The highest BCUT2D eigenvalue weighted by molar-refractivity contribution is 5.73. The second kappa shape index (κ2) is 6.36. The van der Waals surface area contributed by atoms with Crippen LogP contribution >= 0.6 is 0 Å². The monoisotopic (exact) mass is 228 g/mol. The molecule has 1 atom stereocenters. The van der Waals surface area contributed by atoms with Crippen LogP contribution in [0.25, 0.3) is 0 Å². The second-order valence-electron chi connectivity index (χ2n) is 2.97. The van der Waals surface area contributed by atoms with Gasteiger partial charge in [-0.3, -0.25) is 0 Å². The van der Waals surface area contributed by atoms with Crippen LogP contribution < -0.4 is 5.43 Å². The number of nitro groups is 1. The molecule has 7 heteroatoms. The zero-order chi connectivity index (χ0) is 11.3. The summed E-state index contributed by atoms with van der Waals surface area (Å²) in [7, 11) is 0. The lowest BCUT2D eigenvalue weighted by atomic mass is 10.1. The molecule has 0 fully saturated rings. The minimum atomic E-state index is -1.24. The second-order valence-corrected chi connectivity index (χ2v) is 2.97. The van der Waals surface area contributed by atoms with Crippen molar-refractivity contribution in [1.29, 1.82) is 0 Å². The molecule has 0 saturated heterocycles. The number of hydrazine groups is 1. The van der Waals surface area contributed by atoms with Crippen molar-refractivity contribution >= 4 is 5.97 Å². The number of aliphatic carboxylic acids is 1. The van der Waals surface area contributed by atoms with Crippen LogP contribution in [-0.2, 0) is 11.2 Å². The van der Waals surface area contributed by atoms with Crippen molar-refractivity contribution < 1.29 is 20.4 Å². The molecule has 0 bridgehead atoms. The highest BCUT2D eigenvalue weighted by atomic mass is 16.7. The zero-order valence-electron chi connectivity index (χ0n) is 8.29. The molecule has 88 valence electrons. The first kappa shape index (κ1) is 13.8. The van der Waals surface area contributed by atoms with Gasteiger partial charge in [0.25, 0.3) is 0 Å². The topological polar surface area (TPSA) is 124 Å². The maximum Gasteiger partial charge on any atom is 0.332 e. The molecule has 0 aliphatic rings. The molecule has 0 amide bonds. The molecule has 0 heterocycles. The van der Waals surface area contributed by atoms with Crippen molar-refractivity contribution in [1.82, 2.24) is 5.43 Å². The zero-order valence-corrected chi connectivity index (χ0v) is 8.29. The number of carboxylic acid groups (broad SMARTS) is 1. The number of carboxylic acids is 1. The molecule has 0 spiro atoms. The summed E-state index contributed by atoms with van der Waals surface area (Å²) in [6.07, 6.45) is 0.0805. The summed E-state index contributed by atoms with van der Waals surface area (Å²) in [5.74, 6) is -1.24. The van der Waals surface area contributed by atoms with Crippen LogP contribution in [0, 0.1) is 10.1 Å². The third kappa shape index (κ3) is 4.38. The molecule has 4 N–H and O–H groups in total. The van der Waals surface area contributed by atoms with Gasteiger partial charge in [-0.15, -0.1) is 5.43 Å². The van der Waals surface area contributed by atoms with Gasteiger partial charge in [-0.25, -0.2) is 14.9 Å². The largest absolute Gasteiger partial charge is 0.480 e. The highest BCUT2D eigenvalue weighted by Crippen LogP contribution is 2.03. The summed E-state index contributed by atoms with van der Waals surface area (Å²) in [6, 6.07) is 7.53. The van der Waals surface area contributed by atoms with Crippen LogP contribution in [0.1, 0.15) is 5.56 Å². The smallest absolute Gasteiger partial charge is 0.332 e. The summed E-state index contributed by atoms with van der Waals surface area (Å²) in [6.45, 7) is 0. The van der Waals surface area contributed by atoms with Gasteiger partial charge in [0.1, 0.15) is 0 Å². The summed E-state index contributed by atoms with van der Waals surface area (Å²) in [4.78, 5) is 20.8. The van der Waals surface area contributed by atoms with Crippen LogP contribution in [-0.4, -0.2) is 27.6 Å². The van der Waals surface area contributed by atoms with Crippen LogP contribution in [0.4, 0.5) is 0 Å². The minimum absolute atomic E-state index is 0. The van der Waals surface area contributed by atoms with Gasteiger partial charge in [0, 0.05) is 6.42 Å². The molecule has 16 heavy (non-hydrogen) atoms. The number of hydrogen-bond acceptors (Lipinski definition) is 3. The van der Waals surface area contributed by atoms with Gasteiger partial charge < -0.3 is 10.6 Å². The van der Waals surface area contributed by atoms with Gasteiger partial charge in [0.05, 0.1) is 0 Å². The van der Waals surface area contributed by atoms with E-state index >= 15 is 0 Å². The number of rotatable bonds is 5. The fraction of sp³-hybridized carbons (Fsp3) is 0.222. The normalized spacial score (nSPS) is 11.0. The summed E-state index contributed by atoms with van der Waals surface area (Å²) < 4.78 is 0. The van der Waals surface area contributed by atoms with Crippen LogP contribution in [0.15, 0.2) is 30.3 Å². The molecular formula is C9H12N2O5. The van der Waals surface area contributed by atoms with E-state index < -0.39 is 17.0 Å². The Morgan fingerprint density at radius 2 is 2.00 bits per heavy atom. The average molecular weight is 228 g/mol. The predicted octanol–water partition coefficient (Wildman–Crippen LogP) is -0.361. The summed E-state index contributed by atoms with van der Waals surface area (Å²) >= 11 is 0. The van der Waals surface area contributed by atoms with E-state index in [4.69, 9.17) is 5.11 Å². The molecule has 0 radical (unpaired) electrons. The first-order valence-corrected chi connectivity index (χ1v) is 4.27. The molecule has 1 aromatic rings. The number of hydrogen-bond donors (Lipinski definition) is 2. The molecule has 0 saturated carbocycles. The molecule has 0 aliphatic carbocycles. The van der Waals surface area contributed by atoms with Gasteiger partial charge in [0.15, 0.2) is 11.1 Å². The minimum Gasteiger partial charge on any atom is -0.480 e. The molecule has 1 unspecified atom stereocenters. The van der Waals surface area contributed by atoms with Crippen LogP contribution in [0.2, 0.25) is 0 Å². The Labute approximate surface area is 91.1 Å². The third-order valence-corrected chi connectivity index (χ3v) is 1.84. The van der Waals surface area contributed by atoms with Crippen LogP contribution in [0.3, 0.4) is 0 Å². The van der Waals surface area contributed by atoms with Crippen molar-refractivity contribution in [2.24, 2.45) is 0 Å². The fourth-order valence-electron chi connectivity index (χ4n) is 1.17. The average Bonchev–Trinajstić information content (AvgIpc) is 2.17. The van der Waals surface area contributed by atoms with E-state index in [-0.39, 0.29) is 11.9 Å². The number of nitrogens with one attached hydrogen (secondary N) is 1. The Kier molecular flexibility index (Phi) is 5.50. The van der Waals surface area contributed by atoms with Gasteiger partial charge in [-0.05, 0) is 5.56 Å². The first-order valence-electron chi connectivity index (χ1n) is 4.27. The van der Waals surface area contributed by atoms with Gasteiger partial charge in [0.2, 0.25) is 0 Å². The van der Waals surface area contributed by atoms with Crippen molar-refractivity contribution in [3.8, 4) is 0 Å². The Hall–Kier alpha value is -2.15. The lowest BCUT2D eigenvalue weighted by molar-refractivity contribution is -0.548. The summed E-state index contributed by atoms with van der Waals surface area (Å²) in [5, 5.41) is 18.0. The van der Waals surface area contributed by atoms with Gasteiger partial charge >= 0.3 is 5.97 Å². The maximum absolute atomic E-state index is 10.7. The van der Waals surface area contributed by atoms with E-state index in [1.165, 1.54) is 0 Å². The van der Waals surface area contributed by atoms with Crippen molar-refractivity contribution in [2.75, 3.05) is 0 Å². The molecular weight excluding hydrogens is 216 g/mol. The van der Waals surface area contributed by atoms with Crippen molar-refractivity contribution in [2.45, 2.75) is 12.5 Å². The van der Waals surface area contributed by atoms with Gasteiger partial charge in [-0.2, -0.15) is 0 Å². The number of carbonyl (C=O) groups is 1. The molecule has 1 aromatic carbocycles. The molecule has 0 aliphatic heterocycles. The molecule has 0 aromatic heterocycles. The Balaban J connectivity index is 0.00000225. The third-order valence-electron chi connectivity index (χ3n) is 1.84. The quantitative estimate of drug-likeness (QED) is 0.526. The molecule has 1 rings (SSSR count). The number of benzene rings is 1. The van der Waals surface area contributed by atoms with E-state index in [9.17, 15) is 14.9 Å². The van der Waals surface area contributed by atoms with Crippen LogP contribution in [0.5, 0.6) is 0 Å². The van der Waals surface area contributed by atoms with E-state index in [0.717, 1.165) is 5.56 Å². The van der Waals surface area contributed by atoms with E-state index in [1.807, 2.05) is 0 Å². The Bertz CT molecular complexity index is 354. The standard InChI is InChI=1S/C9H10N2O4.H2O/c12-9(13)8(10-11(14)15)6-7-4-2-1-3-5-7;/h1-5,8,10H,6H2,(H,12,13);1H2. The lowest BCUT2D eigenvalue weighted by Gasteiger charge is -2.08. The molecule has 7 nitrogen and oxygen atoms in total. The van der Waals surface area contributed by atoms with Crippen molar-refractivity contribution in [3.05, 3.63) is 46.0 Å². The van der Waals surface area contributed by atoms with Gasteiger partial charge in [-0.1, -0.05) is 30.3 Å².